The summed E-state index contributed by atoms with van der Waals surface area (Å²) < 4.78 is 78.4. The zero-order chi connectivity index (χ0) is 39.3. The third-order valence-corrected chi connectivity index (χ3v) is 9.52. The van der Waals surface area contributed by atoms with E-state index < -0.39 is 24.2 Å². The van der Waals surface area contributed by atoms with Crippen molar-refractivity contribution in [3.63, 3.8) is 0 Å². The van der Waals surface area contributed by atoms with Gasteiger partial charge < -0.3 is 4.42 Å². The van der Waals surface area contributed by atoms with Gasteiger partial charge in [-0.25, -0.2) is 0 Å². The number of hydrogen-bond acceptors (Lipinski definition) is 1. The largest absolute Gasteiger partial charge is 0.455 e. The lowest BCUT2D eigenvalue weighted by Crippen LogP contribution is -1.91. The van der Waals surface area contributed by atoms with Crippen LogP contribution in [0, 0.1) is 0 Å². The van der Waals surface area contributed by atoms with Gasteiger partial charge in [0.1, 0.15) is 11.2 Å². The van der Waals surface area contributed by atoms with Crippen LogP contribution in [-0.2, 0) is 0 Å². The Morgan fingerprint density at radius 1 is 0.347 bits per heavy atom. The summed E-state index contributed by atoms with van der Waals surface area (Å²) in [7, 11) is 0. The number of benzene rings is 9. The standard InChI is InChI=1S/C48H30O/c1-2-10-31(11-3-1)32-18-22-35(23-19-32)46-39-14-6-8-16-41(39)47(42-17-9-7-15-40(42)46)36-24-20-33(21-25-36)37-27-29-45-44(30-37)43-28-26-34-12-4-5-13-38(34)48(43)49-45/h1-30H/i6D,7D,8D,9D,14D,15D,16D,17D. The normalized spacial score (nSPS) is 14.0. The molecule has 0 aliphatic heterocycles. The van der Waals surface area contributed by atoms with Gasteiger partial charge in [-0.2, -0.15) is 0 Å². The number of hydrogen-bond donors (Lipinski definition) is 0. The van der Waals surface area contributed by atoms with Crippen molar-refractivity contribution >= 4 is 54.3 Å². The molecule has 9 aromatic carbocycles. The Hall–Kier alpha value is -6.44. The molecule has 228 valence electrons. The van der Waals surface area contributed by atoms with Gasteiger partial charge in [0.15, 0.2) is 0 Å². The average molecular weight is 631 g/mol. The first-order chi connectivity index (χ1) is 27.6. The van der Waals surface area contributed by atoms with Crippen LogP contribution in [0.2, 0.25) is 0 Å². The monoisotopic (exact) mass is 630 g/mol. The van der Waals surface area contributed by atoms with E-state index in [1.54, 1.807) is 0 Å². The summed E-state index contributed by atoms with van der Waals surface area (Å²) in [5.41, 5.74) is 7.13. The van der Waals surface area contributed by atoms with Crippen LogP contribution in [-0.4, -0.2) is 0 Å². The molecule has 0 unspecified atom stereocenters. The summed E-state index contributed by atoms with van der Waals surface area (Å²) in [4.78, 5) is 0. The van der Waals surface area contributed by atoms with Crippen molar-refractivity contribution in [2.45, 2.75) is 0 Å². The minimum atomic E-state index is -0.427. The second kappa shape index (κ2) is 11.1. The molecule has 0 spiro atoms. The highest BCUT2D eigenvalue weighted by molar-refractivity contribution is 6.21. The first kappa shape index (κ1) is 20.7. The maximum atomic E-state index is 9.28. The van der Waals surface area contributed by atoms with Crippen LogP contribution in [0.4, 0.5) is 0 Å². The highest BCUT2D eigenvalue weighted by Crippen LogP contribution is 2.44. The van der Waals surface area contributed by atoms with Crippen molar-refractivity contribution in [1.29, 1.82) is 0 Å². The fourth-order valence-corrected chi connectivity index (χ4v) is 7.18. The second-order valence-corrected chi connectivity index (χ2v) is 12.2. The highest BCUT2D eigenvalue weighted by atomic mass is 16.3. The molecule has 10 aromatic rings. The lowest BCUT2D eigenvalue weighted by atomic mass is 9.85. The quantitative estimate of drug-likeness (QED) is 0.176. The third kappa shape index (κ3) is 4.47. The lowest BCUT2D eigenvalue weighted by molar-refractivity contribution is 0.672. The summed E-state index contributed by atoms with van der Waals surface area (Å²) in [5.74, 6) is 0. The van der Waals surface area contributed by atoms with Gasteiger partial charge in [-0.15, -0.1) is 0 Å². The minimum Gasteiger partial charge on any atom is -0.455 e. The average Bonchev–Trinajstić information content (AvgIpc) is 3.64. The molecule has 1 heteroatoms. The summed E-state index contributed by atoms with van der Waals surface area (Å²) in [6, 6.07) is 40.4. The van der Waals surface area contributed by atoms with Crippen LogP contribution < -0.4 is 0 Å². The van der Waals surface area contributed by atoms with Gasteiger partial charge in [0, 0.05) is 16.2 Å². The van der Waals surface area contributed by atoms with E-state index in [-0.39, 0.29) is 45.7 Å². The smallest absolute Gasteiger partial charge is 0.143 e. The summed E-state index contributed by atoms with van der Waals surface area (Å²) >= 11 is 0. The molecule has 0 saturated carbocycles. The van der Waals surface area contributed by atoms with Gasteiger partial charge in [-0.1, -0.05) is 164 Å². The summed E-state index contributed by atoms with van der Waals surface area (Å²) in [6.45, 7) is 0. The predicted molar refractivity (Wildman–Crippen MR) is 208 cm³/mol. The van der Waals surface area contributed by atoms with Crippen LogP contribution >= 0.6 is 0 Å². The van der Waals surface area contributed by atoms with Gasteiger partial charge in [-0.3, -0.25) is 0 Å². The first-order valence-electron chi connectivity index (χ1n) is 20.2. The Morgan fingerprint density at radius 3 is 1.45 bits per heavy atom. The van der Waals surface area contributed by atoms with Gasteiger partial charge in [-0.05, 0) is 89.6 Å². The number of furan rings is 1. The fraction of sp³-hybridized carbons (Fsp3) is 0. The van der Waals surface area contributed by atoms with E-state index in [1.807, 2.05) is 103 Å². The fourth-order valence-electron chi connectivity index (χ4n) is 7.18. The van der Waals surface area contributed by atoms with Crippen LogP contribution in [0.25, 0.3) is 98.8 Å². The van der Waals surface area contributed by atoms with Crippen LogP contribution in [0.3, 0.4) is 0 Å². The maximum absolute atomic E-state index is 9.28. The Bertz CT molecular complexity index is 3220. The Morgan fingerprint density at radius 2 is 0.837 bits per heavy atom. The molecule has 0 aliphatic rings. The van der Waals surface area contributed by atoms with E-state index in [4.69, 9.17) is 9.90 Å². The molecule has 0 bridgehead atoms. The molecular weight excluding hydrogens is 593 g/mol. The predicted octanol–water partition coefficient (Wildman–Crippen LogP) is 13.7. The molecule has 1 nitrogen and oxygen atoms in total. The molecule has 1 aromatic heterocycles. The molecule has 0 fully saturated rings. The van der Waals surface area contributed by atoms with E-state index in [0.29, 0.717) is 22.3 Å². The SMILES string of the molecule is [2H]c1c([2H])c([2H])c2c(-c3ccc(-c4ccc5oc6c7ccccc7ccc6c5c4)cc3)c3c([2H])c([2H])c([2H])c([2H])c3c(-c3ccc(-c4ccccc4)cc3)c2c1[2H]. The Balaban J connectivity index is 1.22. The van der Waals surface area contributed by atoms with E-state index >= 15 is 0 Å². The van der Waals surface area contributed by atoms with Gasteiger partial charge >= 0.3 is 0 Å². The second-order valence-electron chi connectivity index (χ2n) is 12.2. The zero-order valence-corrected chi connectivity index (χ0v) is 26.1. The molecule has 0 amide bonds. The van der Waals surface area contributed by atoms with Gasteiger partial charge in [0.2, 0.25) is 0 Å². The molecule has 0 N–H and O–H groups in total. The van der Waals surface area contributed by atoms with Crippen LogP contribution in [0.5, 0.6) is 0 Å². The summed E-state index contributed by atoms with van der Waals surface area (Å²) in [6.07, 6.45) is 0. The molecule has 0 atom stereocenters. The number of rotatable bonds is 4. The topological polar surface area (TPSA) is 13.1 Å². The molecule has 1 heterocycles. The van der Waals surface area contributed by atoms with Crippen molar-refractivity contribution in [2.75, 3.05) is 0 Å². The maximum Gasteiger partial charge on any atom is 0.143 e. The lowest BCUT2D eigenvalue weighted by Gasteiger charge is -2.18. The van der Waals surface area contributed by atoms with E-state index in [9.17, 15) is 5.48 Å². The summed E-state index contributed by atoms with van der Waals surface area (Å²) in [5, 5.41) is 4.89. The minimum absolute atomic E-state index is 0.187. The Labute approximate surface area is 295 Å². The highest BCUT2D eigenvalue weighted by Gasteiger charge is 2.17. The molecular formula is C48H30O. The van der Waals surface area contributed by atoms with E-state index in [1.165, 1.54) is 0 Å². The van der Waals surface area contributed by atoms with E-state index in [2.05, 4.69) is 30.3 Å². The molecule has 0 aliphatic carbocycles. The molecule has 0 saturated heterocycles. The van der Waals surface area contributed by atoms with Crippen molar-refractivity contribution in [2.24, 2.45) is 0 Å². The number of fused-ring (bicyclic) bond motifs is 7. The Kier molecular flexibility index (Phi) is 4.69. The van der Waals surface area contributed by atoms with E-state index in [0.717, 1.165) is 55.0 Å². The molecule has 0 radical (unpaired) electrons. The third-order valence-electron chi connectivity index (χ3n) is 9.52. The molecule has 10 rings (SSSR count). The van der Waals surface area contributed by atoms with Crippen molar-refractivity contribution in [3.8, 4) is 44.5 Å². The zero-order valence-electron chi connectivity index (χ0n) is 34.1. The van der Waals surface area contributed by atoms with Gasteiger partial charge in [0.25, 0.3) is 0 Å². The van der Waals surface area contributed by atoms with Crippen LogP contribution in [0.15, 0.2) is 186 Å². The first-order valence-corrected chi connectivity index (χ1v) is 16.2. The van der Waals surface area contributed by atoms with Crippen LogP contribution in [0.1, 0.15) is 11.0 Å². The molecule has 49 heavy (non-hydrogen) atoms. The van der Waals surface area contributed by atoms with Crippen molar-refractivity contribution in [1.82, 2.24) is 0 Å². The van der Waals surface area contributed by atoms with Crippen molar-refractivity contribution in [3.05, 3.63) is 182 Å². The van der Waals surface area contributed by atoms with Crippen molar-refractivity contribution < 1.29 is 15.4 Å². The van der Waals surface area contributed by atoms with Gasteiger partial charge in [0.05, 0.1) is 11.0 Å².